The van der Waals surface area contributed by atoms with Crippen molar-refractivity contribution in [3.63, 3.8) is 0 Å². The van der Waals surface area contributed by atoms with E-state index in [0.717, 1.165) is 29.2 Å². The highest BCUT2D eigenvalue weighted by Crippen LogP contribution is 2.42. The zero-order valence-corrected chi connectivity index (χ0v) is 11.3. The number of aromatic nitrogens is 2. The van der Waals surface area contributed by atoms with Crippen molar-refractivity contribution in [1.82, 2.24) is 9.55 Å². The third-order valence-corrected chi connectivity index (χ3v) is 3.75. The average Bonchev–Trinajstić information content (AvgIpc) is 3.17. The fraction of sp³-hybridized carbons (Fsp3) is 0.400. The summed E-state index contributed by atoms with van der Waals surface area (Å²) < 4.78 is 15.5. The van der Waals surface area contributed by atoms with Crippen molar-refractivity contribution in [2.24, 2.45) is 0 Å². The van der Waals surface area contributed by atoms with Crippen LogP contribution in [0.4, 0.5) is 10.2 Å². The SMILES string of the molecule is CCn1c(C2CC2)nc(-c2cc(F)ccc2C)c1N. The molecule has 0 spiro atoms. The Kier molecular flexibility index (Phi) is 2.81. The molecule has 1 aromatic carbocycles. The van der Waals surface area contributed by atoms with Crippen molar-refractivity contribution in [3.8, 4) is 11.3 Å². The lowest BCUT2D eigenvalue weighted by Crippen LogP contribution is -2.04. The molecule has 0 radical (unpaired) electrons. The van der Waals surface area contributed by atoms with E-state index < -0.39 is 0 Å². The Bertz CT molecular complexity index is 627. The number of nitrogens with zero attached hydrogens (tertiary/aromatic N) is 2. The van der Waals surface area contributed by atoms with Gasteiger partial charge in [-0.25, -0.2) is 9.37 Å². The number of hydrogen-bond acceptors (Lipinski definition) is 2. The van der Waals surface area contributed by atoms with Gasteiger partial charge in [-0.15, -0.1) is 0 Å². The van der Waals surface area contributed by atoms with Crippen LogP contribution < -0.4 is 5.73 Å². The second-order valence-electron chi connectivity index (χ2n) is 5.18. The van der Waals surface area contributed by atoms with Gasteiger partial charge in [0.2, 0.25) is 0 Å². The number of imidazole rings is 1. The van der Waals surface area contributed by atoms with E-state index >= 15 is 0 Å². The molecule has 1 aliphatic carbocycles. The summed E-state index contributed by atoms with van der Waals surface area (Å²) in [6, 6.07) is 4.75. The maximum Gasteiger partial charge on any atom is 0.131 e. The van der Waals surface area contributed by atoms with Gasteiger partial charge in [-0.1, -0.05) is 6.07 Å². The number of hydrogen-bond donors (Lipinski definition) is 1. The van der Waals surface area contributed by atoms with Crippen molar-refractivity contribution < 1.29 is 4.39 Å². The molecule has 1 aromatic heterocycles. The molecule has 0 amide bonds. The smallest absolute Gasteiger partial charge is 0.131 e. The summed E-state index contributed by atoms with van der Waals surface area (Å²) in [4.78, 5) is 4.69. The molecule has 1 heterocycles. The van der Waals surface area contributed by atoms with Gasteiger partial charge in [0.25, 0.3) is 0 Å². The Morgan fingerprint density at radius 3 is 2.79 bits per heavy atom. The van der Waals surface area contributed by atoms with Gasteiger partial charge in [-0.3, -0.25) is 0 Å². The van der Waals surface area contributed by atoms with Crippen molar-refractivity contribution in [3.05, 3.63) is 35.4 Å². The van der Waals surface area contributed by atoms with E-state index in [-0.39, 0.29) is 5.82 Å². The summed E-state index contributed by atoms with van der Waals surface area (Å²) in [5, 5.41) is 0. The number of nitrogens with two attached hydrogens (primary N) is 1. The average molecular weight is 259 g/mol. The fourth-order valence-corrected chi connectivity index (χ4v) is 2.52. The molecule has 0 atom stereocenters. The van der Waals surface area contributed by atoms with Crippen LogP contribution in [0.25, 0.3) is 11.3 Å². The van der Waals surface area contributed by atoms with Crippen LogP contribution in [0.15, 0.2) is 18.2 Å². The fourth-order valence-electron chi connectivity index (χ4n) is 2.52. The van der Waals surface area contributed by atoms with Crippen LogP contribution in [0.1, 0.15) is 37.1 Å². The summed E-state index contributed by atoms with van der Waals surface area (Å²) in [6.45, 7) is 4.82. The first-order valence-electron chi connectivity index (χ1n) is 6.74. The Labute approximate surface area is 112 Å². The minimum atomic E-state index is -0.251. The molecule has 100 valence electrons. The number of benzene rings is 1. The number of rotatable bonds is 3. The second-order valence-corrected chi connectivity index (χ2v) is 5.18. The first kappa shape index (κ1) is 12.2. The lowest BCUT2D eigenvalue weighted by atomic mass is 10.1. The largest absolute Gasteiger partial charge is 0.383 e. The molecule has 0 saturated heterocycles. The zero-order valence-electron chi connectivity index (χ0n) is 11.3. The summed E-state index contributed by atoms with van der Waals surface area (Å²) in [5.74, 6) is 1.99. The van der Waals surface area contributed by atoms with Crippen LogP contribution in [0, 0.1) is 12.7 Å². The third kappa shape index (κ3) is 2.01. The standard InChI is InChI=1S/C15H18FN3/c1-3-19-14(17)13(18-15(19)10-5-6-10)12-8-11(16)7-4-9(12)2/h4,7-8,10H,3,5-6,17H2,1-2H3. The van der Waals surface area contributed by atoms with E-state index in [1.54, 1.807) is 6.07 Å². The normalized spacial score (nSPS) is 14.9. The Morgan fingerprint density at radius 1 is 1.42 bits per heavy atom. The van der Waals surface area contributed by atoms with Gasteiger partial charge < -0.3 is 10.3 Å². The minimum Gasteiger partial charge on any atom is -0.383 e. The lowest BCUT2D eigenvalue weighted by molar-refractivity contribution is 0.628. The molecule has 2 aromatic rings. The van der Waals surface area contributed by atoms with Crippen LogP contribution in [0.5, 0.6) is 0 Å². The highest BCUT2D eigenvalue weighted by atomic mass is 19.1. The van der Waals surface area contributed by atoms with E-state index in [1.165, 1.54) is 25.0 Å². The molecule has 0 unspecified atom stereocenters. The molecule has 2 N–H and O–H groups in total. The molecule has 0 aliphatic heterocycles. The van der Waals surface area contributed by atoms with Crippen LogP contribution >= 0.6 is 0 Å². The summed E-state index contributed by atoms with van der Waals surface area (Å²) in [6.07, 6.45) is 2.36. The van der Waals surface area contributed by atoms with E-state index in [0.29, 0.717) is 11.7 Å². The van der Waals surface area contributed by atoms with Crippen LogP contribution in [0.2, 0.25) is 0 Å². The first-order valence-corrected chi connectivity index (χ1v) is 6.74. The molecular formula is C15H18FN3. The van der Waals surface area contributed by atoms with Gasteiger partial charge >= 0.3 is 0 Å². The quantitative estimate of drug-likeness (QED) is 0.917. The van der Waals surface area contributed by atoms with Crippen LogP contribution in [-0.4, -0.2) is 9.55 Å². The highest BCUT2D eigenvalue weighted by molar-refractivity contribution is 5.74. The van der Waals surface area contributed by atoms with E-state index in [9.17, 15) is 4.39 Å². The summed E-state index contributed by atoms with van der Waals surface area (Å²) in [5.41, 5.74) is 8.73. The highest BCUT2D eigenvalue weighted by Gasteiger charge is 2.30. The van der Waals surface area contributed by atoms with Crippen molar-refractivity contribution in [2.45, 2.75) is 39.2 Å². The van der Waals surface area contributed by atoms with Crippen LogP contribution in [0.3, 0.4) is 0 Å². The third-order valence-electron chi connectivity index (χ3n) is 3.75. The predicted molar refractivity (Wildman–Crippen MR) is 74.4 cm³/mol. The monoisotopic (exact) mass is 259 g/mol. The van der Waals surface area contributed by atoms with Crippen molar-refractivity contribution >= 4 is 5.82 Å². The Morgan fingerprint density at radius 2 is 2.16 bits per heavy atom. The van der Waals surface area contributed by atoms with Gasteiger partial charge in [0.15, 0.2) is 0 Å². The number of anilines is 1. The topological polar surface area (TPSA) is 43.8 Å². The zero-order chi connectivity index (χ0) is 13.6. The molecule has 1 fully saturated rings. The summed E-state index contributed by atoms with van der Waals surface area (Å²) >= 11 is 0. The second kappa shape index (κ2) is 4.37. The minimum absolute atomic E-state index is 0.251. The number of halogens is 1. The van der Waals surface area contributed by atoms with Gasteiger partial charge in [0.1, 0.15) is 23.2 Å². The molecular weight excluding hydrogens is 241 g/mol. The van der Waals surface area contributed by atoms with Gasteiger partial charge in [0.05, 0.1) is 0 Å². The van der Waals surface area contributed by atoms with Crippen LogP contribution in [-0.2, 0) is 6.54 Å². The molecule has 1 aliphatic rings. The molecule has 3 nitrogen and oxygen atoms in total. The van der Waals surface area contributed by atoms with E-state index in [4.69, 9.17) is 5.73 Å². The first-order chi connectivity index (χ1) is 9.11. The maximum atomic E-state index is 13.4. The molecule has 4 heteroatoms. The van der Waals surface area contributed by atoms with Gasteiger partial charge in [-0.2, -0.15) is 0 Å². The molecule has 19 heavy (non-hydrogen) atoms. The number of aryl methyl sites for hydroxylation is 1. The Balaban J connectivity index is 2.17. The lowest BCUT2D eigenvalue weighted by Gasteiger charge is -2.06. The number of nitrogen functional groups attached to an aromatic ring is 1. The Hall–Kier alpha value is -1.84. The van der Waals surface area contributed by atoms with Crippen molar-refractivity contribution in [2.75, 3.05) is 5.73 Å². The summed E-state index contributed by atoms with van der Waals surface area (Å²) in [7, 11) is 0. The van der Waals surface area contributed by atoms with Gasteiger partial charge in [-0.05, 0) is 44.4 Å². The molecule has 1 saturated carbocycles. The van der Waals surface area contributed by atoms with E-state index in [2.05, 4.69) is 16.5 Å². The molecule has 0 bridgehead atoms. The molecule has 3 rings (SSSR count). The maximum absolute atomic E-state index is 13.4. The van der Waals surface area contributed by atoms with Gasteiger partial charge in [0, 0.05) is 18.0 Å². The predicted octanol–water partition coefficient (Wildman–Crippen LogP) is 3.48. The van der Waals surface area contributed by atoms with Crippen molar-refractivity contribution in [1.29, 1.82) is 0 Å². The van der Waals surface area contributed by atoms with E-state index in [1.807, 2.05) is 6.92 Å².